The second-order valence-corrected chi connectivity index (χ2v) is 6.03. The Labute approximate surface area is 146 Å². The molecule has 0 radical (unpaired) electrons. The minimum Gasteiger partial charge on any atom is -0.347 e. The van der Waals surface area contributed by atoms with Crippen molar-refractivity contribution in [3.05, 3.63) is 65.5 Å². The molecule has 2 aromatic carbocycles. The molecule has 6 heteroatoms. The topological polar surface area (TPSA) is 61.4 Å². The average molecular weight is 343 g/mol. The molecule has 5 nitrogen and oxygen atoms in total. The number of hydrogen-bond acceptors (Lipinski definition) is 2. The Bertz CT molecular complexity index is 748. The first-order valence-electron chi connectivity index (χ1n) is 7.95. The number of nitrogens with zero attached hydrogens (tertiary/aromatic N) is 1. The number of carbonyl (C=O) groups is 2. The lowest BCUT2D eigenvalue weighted by Crippen LogP contribution is -2.48. The van der Waals surface area contributed by atoms with Gasteiger partial charge >= 0.3 is 6.03 Å². The van der Waals surface area contributed by atoms with Gasteiger partial charge in [0.25, 0.3) is 0 Å². The molecule has 0 unspecified atom stereocenters. The van der Waals surface area contributed by atoms with Crippen LogP contribution in [-0.2, 0) is 11.2 Å². The van der Waals surface area contributed by atoms with Crippen molar-refractivity contribution < 1.29 is 14.0 Å². The largest absolute Gasteiger partial charge is 0.347 e. The zero-order valence-electron chi connectivity index (χ0n) is 14.5. The number of benzene rings is 2. The number of urea groups is 1. The highest BCUT2D eigenvalue weighted by Crippen LogP contribution is 2.16. The summed E-state index contributed by atoms with van der Waals surface area (Å²) in [7, 11) is 3.27. The Morgan fingerprint density at radius 1 is 1.12 bits per heavy atom. The van der Waals surface area contributed by atoms with Crippen LogP contribution in [0, 0.1) is 12.7 Å². The number of hydrogen-bond donors (Lipinski definition) is 2. The first-order chi connectivity index (χ1) is 11.9. The van der Waals surface area contributed by atoms with E-state index in [1.165, 1.54) is 17.0 Å². The SMILES string of the molecule is Cc1ccc(F)cc1NC(=O)N[C@H](Cc1ccccc1)C(=O)N(C)C. The van der Waals surface area contributed by atoms with E-state index in [4.69, 9.17) is 0 Å². The first kappa shape index (κ1) is 18.4. The lowest BCUT2D eigenvalue weighted by atomic mass is 10.1. The predicted octanol–water partition coefficient (Wildman–Crippen LogP) is 2.96. The molecule has 0 aliphatic rings. The van der Waals surface area contributed by atoms with Crippen molar-refractivity contribution >= 4 is 17.6 Å². The van der Waals surface area contributed by atoms with Crippen molar-refractivity contribution in [2.45, 2.75) is 19.4 Å². The van der Waals surface area contributed by atoms with Gasteiger partial charge in [0.1, 0.15) is 11.9 Å². The van der Waals surface area contributed by atoms with Gasteiger partial charge < -0.3 is 15.5 Å². The van der Waals surface area contributed by atoms with E-state index >= 15 is 0 Å². The lowest BCUT2D eigenvalue weighted by Gasteiger charge is -2.22. The number of nitrogens with one attached hydrogen (secondary N) is 2. The molecule has 132 valence electrons. The standard InChI is InChI=1S/C19H22FN3O2/c1-13-9-10-15(20)12-16(13)21-19(25)22-17(18(24)23(2)3)11-14-7-5-4-6-8-14/h4-10,12,17H,11H2,1-3H3,(H2,21,22,25)/t17-/m1/s1. The fraction of sp³-hybridized carbons (Fsp3) is 0.263. The van der Waals surface area contributed by atoms with Crippen LogP contribution in [0.15, 0.2) is 48.5 Å². The summed E-state index contributed by atoms with van der Waals surface area (Å²) in [6, 6.07) is 12.3. The Hall–Kier alpha value is -2.89. The fourth-order valence-corrected chi connectivity index (χ4v) is 2.41. The van der Waals surface area contributed by atoms with Crippen LogP contribution in [0.3, 0.4) is 0 Å². The minimum atomic E-state index is -0.716. The number of amides is 3. The summed E-state index contributed by atoms with van der Waals surface area (Å²) < 4.78 is 13.3. The van der Waals surface area contributed by atoms with Gasteiger partial charge in [-0.05, 0) is 30.2 Å². The molecule has 3 amide bonds. The van der Waals surface area contributed by atoms with Crippen LogP contribution in [0.25, 0.3) is 0 Å². The third kappa shape index (κ3) is 5.31. The molecule has 0 bridgehead atoms. The van der Waals surface area contributed by atoms with E-state index in [1.54, 1.807) is 27.1 Å². The van der Waals surface area contributed by atoms with Crippen LogP contribution < -0.4 is 10.6 Å². The normalized spacial score (nSPS) is 11.5. The Balaban J connectivity index is 2.11. The summed E-state index contributed by atoms with van der Waals surface area (Å²) in [6.45, 7) is 1.77. The number of aryl methyl sites for hydroxylation is 1. The molecule has 0 aliphatic heterocycles. The van der Waals surface area contributed by atoms with Gasteiger partial charge in [0.2, 0.25) is 5.91 Å². The van der Waals surface area contributed by atoms with Gasteiger partial charge in [-0.25, -0.2) is 9.18 Å². The predicted molar refractivity (Wildman–Crippen MR) is 95.9 cm³/mol. The van der Waals surface area contributed by atoms with Crippen molar-refractivity contribution in [2.24, 2.45) is 0 Å². The third-order valence-electron chi connectivity index (χ3n) is 3.77. The van der Waals surface area contributed by atoms with E-state index in [0.717, 1.165) is 11.1 Å². The summed E-state index contributed by atoms with van der Waals surface area (Å²) in [5.41, 5.74) is 2.04. The second kappa shape index (κ2) is 8.28. The maximum atomic E-state index is 13.3. The van der Waals surface area contributed by atoms with Gasteiger partial charge in [0, 0.05) is 26.2 Å². The van der Waals surface area contributed by atoms with Gasteiger partial charge in [-0.15, -0.1) is 0 Å². The molecule has 1 atom stereocenters. The smallest absolute Gasteiger partial charge is 0.319 e. The molecule has 2 N–H and O–H groups in total. The van der Waals surface area contributed by atoms with E-state index in [1.807, 2.05) is 30.3 Å². The number of halogens is 1. The Morgan fingerprint density at radius 3 is 2.44 bits per heavy atom. The molecule has 0 spiro atoms. The molecule has 2 aromatic rings. The second-order valence-electron chi connectivity index (χ2n) is 6.03. The molecule has 0 saturated carbocycles. The lowest BCUT2D eigenvalue weighted by molar-refractivity contribution is -0.130. The maximum absolute atomic E-state index is 13.3. The number of anilines is 1. The molecule has 25 heavy (non-hydrogen) atoms. The minimum absolute atomic E-state index is 0.213. The molecular weight excluding hydrogens is 321 g/mol. The Morgan fingerprint density at radius 2 is 1.80 bits per heavy atom. The van der Waals surface area contributed by atoms with Gasteiger partial charge in [-0.2, -0.15) is 0 Å². The fourth-order valence-electron chi connectivity index (χ4n) is 2.41. The highest BCUT2D eigenvalue weighted by atomic mass is 19.1. The summed E-state index contributed by atoms with van der Waals surface area (Å²) >= 11 is 0. The quantitative estimate of drug-likeness (QED) is 0.877. The zero-order chi connectivity index (χ0) is 18.4. The number of carbonyl (C=O) groups excluding carboxylic acids is 2. The highest BCUT2D eigenvalue weighted by Gasteiger charge is 2.23. The van der Waals surface area contributed by atoms with Gasteiger partial charge in [0.15, 0.2) is 0 Å². The van der Waals surface area contributed by atoms with E-state index < -0.39 is 17.9 Å². The summed E-state index contributed by atoms with van der Waals surface area (Å²) in [6.07, 6.45) is 0.368. The first-order valence-corrected chi connectivity index (χ1v) is 7.95. The van der Waals surface area contributed by atoms with Gasteiger partial charge in [0.05, 0.1) is 0 Å². The van der Waals surface area contributed by atoms with Crippen molar-refractivity contribution in [2.75, 3.05) is 19.4 Å². The molecule has 0 fully saturated rings. The summed E-state index contributed by atoms with van der Waals surface area (Å²) in [5.74, 6) is -0.652. The zero-order valence-corrected chi connectivity index (χ0v) is 14.5. The van der Waals surface area contributed by atoms with Gasteiger partial charge in [-0.1, -0.05) is 36.4 Å². The number of rotatable bonds is 5. The Kier molecular flexibility index (Phi) is 6.11. The van der Waals surface area contributed by atoms with Crippen LogP contribution >= 0.6 is 0 Å². The van der Waals surface area contributed by atoms with Crippen molar-refractivity contribution in [3.8, 4) is 0 Å². The maximum Gasteiger partial charge on any atom is 0.319 e. The molecule has 0 heterocycles. The van der Waals surface area contributed by atoms with E-state index in [-0.39, 0.29) is 5.91 Å². The molecule has 0 aromatic heterocycles. The van der Waals surface area contributed by atoms with Crippen LogP contribution in [-0.4, -0.2) is 37.0 Å². The van der Waals surface area contributed by atoms with Crippen molar-refractivity contribution in [1.29, 1.82) is 0 Å². The van der Waals surface area contributed by atoms with Crippen molar-refractivity contribution in [1.82, 2.24) is 10.2 Å². The van der Waals surface area contributed by atoms with E-state index in [9.17, 15) is 14.0 Å². The van der Waals surface area contributed by atoms with Gasteiger partial charge in [-0.3, -0.25) is 4.79 Å². The van der Waals surface area contributed by atoms with Crippen LogP contribution in [0.1, 0.15) is 11.1 Å². The molecular formula is C19H22FN3O2. The summed E-state index contributed by atoms with van der Waals surface area (Å²) in [5, 5.41) is 5.28. The summed E-state index contributed by atoms with van der Waals surface area (Å²) in [4.78, 5) is 26.1. The van der Waals surface area contributed by atoms with Crippen LogP contribution in [0.2, 0.25) is 0 Å². The number of likely N-dealkylation sites (N-methyl/N-ethyl adjacent to an activating group) is 1. The average Bonchev–Trinajstić information content (AvgIpc) is 2.57. The van der Waals surface area contributed by atoms with Crippen LogP contribution in [0.5, 0.6) is 0 Å². The monoisotopic (exact) mass is 343 g/mol. The van der Waals surface area contributed by atoms with E-state index in [2.05, 4.69) is 10.6 Å². The third-order valence-corrected chi connectivity index (χ3v) is 3.77. The molecule has 0 saturated heterocycles. The van der Waals surface area contributed by atoms with Crippen molar-refractivity contribution in [3.63, 3.8) is 0 Å². The highest BCUT2D eigenvalue weighted by molar-refractivity contribution is 5.94. The van der Waals surface area contributed by atoms with Crippen LogP contribution in [0.4, 0.5) is 14.9 Å². The van der Waals surface area contributed by atoms with E-state index in [0.29, 0.717) is 12.1 Å². The molecule has 2 rings (SSSR count). The molecule has 0 aliphatic carbocycles.